The van der Waals surface area contributed by atoms with Gasteiger partial charge in [-0.3, -0.25) is 14.4 Å². The Balaban J connectivity index is 2.26. The SMILES string of the molecule is CCOc1cc(OC(=O)C(C)(C)C)c(CC)cc1/C=C/C(=O)c1ccc(OC(=O)C(C)(C)C)cc1. The van der Waals surface area contributed by atoms with Crippen LogP contribution in [0.25, 0.3) is 6.08 Å². The van der Waals surface area contributed by atoms with Gasteiger partial charge in [-0.2, -0.15) is 0 Å². The van der Waals surface area contributed by atoms with Crippen LogP contribution >= 0.6 is 0 Å². The largest absolute Gasteiger partial charge is 0.493 e. The summed E-state index contributed by atoms with van der Waals surface area (Å²) in [6.07, 6.45) is 3.80. The molecule has 0 bridgehead atoms. The average molecular weight is 481 g/mol. The summed E-state index contributed by atoms with van der Waals surface area (Å²) in [4.78, 5) is 37.2. The van der Waals surface area contributed by atoms with Crippen molar-refractivity contribution in [3.8, 4) is 17.2 Å². The van der Waals surface area contributed by atoms with Gasteiger partial charge in [0.2, 0.25) is 0 Å². The molecule has 0 N–H and O–H groups in total. The first kappa shape index (κ1) is 27.8. The Morgan fingerprint density at radius 3 is 1.89 bits per heavy atom. The molecule has 0 amide bonds. The number of carbonyl (C=O) groups is 3. The normalized spacial score (nSPS) is 11.9. The molecule has 2 aromatic rings. The van der Waals surface area contributed by atoms with Crippen molar-refractivity contribution in [2.24, 2.45) is 10.8 Å². The predicted molar refractivity (Wildman–Crippen MR) is 137 cm³/mol. The molecule has 0 fully saturated rings. The molecule has 0 aromatic heterocycles. The molecule has 0 radical (unpaired) electrons. The number of hydrogen-bond acceptors (Lipinski definition) is 6. The molecule has 0 atom stereocenters. The van der Waals surface area contributed by atoms with E-state index in [4.69, 9.17) is 14.2 Å². The molecule has 0 saturated carbocycles. The van der Waals surface area contributed by atoms with Gasteiger partial charge in [-0.15, -0.1) is 0 Å². The van der Waals surface area contributed by atoms with Gasteiger partial charge in [0, 0.05) is 17.2 Å². The van der Waals surface area contributed by atoms with Gasteiger partial charge in [-0.25, -0.2) is 0 Å². The maximum Gasteiger partial charge on any atom is 0.316 e. The molecule has 188 valence electrons. The summed E-state index contributed by atoms with van der Waals surface area (Å²) in [5.74, 6) is 0.488. The molecule has 0 aliphatic carbocycles. The molecule has 0 aliphatic heterocycles. The Morgan fingerprint density at radius 2 is 1.37 bits per heavy atom. The van der Waals surface area contributed by atoms with Crippen LogP contribution in [0.1, 0.15) is 76.9 Å². The zero-order chi connectivity index (χ0) is 26.4. The smallest absolute Gasteiger partial charge is 0.316 e. The van der Waals surface area contributed by atoms with Crippen LogP contribution in [0.4, 0.5) is 0 Å². The number of aryl methyl sites for hydroxylation is 1. The number of esters is 2. The van der Waals surface area contributed by atoms with Gasteiger partial charge in [-0.1, -0.05) is 6.92 Å². The highest BCUT2D eigenvalue weighted by molar-refractivity contribution is 6.07. The topological polar surface area (TPSA) is 78.9 Å². The Labute approximate surface area is 208 Å². The van der Waals surface area contributed by atoms with E-state index in [9.17, 15) is 14.4 Å². The minimum atomic E-state index is -0.637. The van der Waals surface area contributed by atoms with Crippen molar-refractivity contribution in [2.45, 2.75) is 61.8 Å². The van der Waals surface area contributed by atoms with Crippen molar-refractivity contribution >= 4 is 23.8 Å². The first-order valence-corrected chi connectivity index (χ1v) is 11.8. The number of ketones is 1. The van der Waals surface area contributed by atoms with E-state index in [0.29, 0.717) is 41.4 Å². The minimum Gasteiger partial charge on any atom is -0.493 e. The lowest BCUT2D eigenvalue weighted by Gasteiger charge is -2.19. The highest BCUT2D eigenvalue weighted by Gasteiger charge is 2.25. The Kier molecular flexibility index (Phi) is 9.02. The summed E-state index contributed by atoms with van der Waals surface area (Å²) in [6.45, 7) is 15.0. The van der Waals surface area contributed by atoms with Crippen molar-refractivity contribution in [1.82, 2.24) is 0 Å². The zero-order valence-corrected chi connectivity index (χ0v) is 22.0. The van der Waals surface area contributed by atoms with E-state index >= 15 is 0 Å². The molecule has 2 aromatic carbocycles. The van der Waals surface area contributed by atoms with Gasteiger partial charge < -0.3 is 14.2 Å². The van der Waals surface area contributed by atoms with E-state index in [2.05, 4.69) is 0 Å². The summed E-state index contributed by atoms with van der Waals surface area (Å²) in [7, 11) is 0. The van der Waals surface area contributed by atoms with Gasteiger partial charge in [0.15, 0.2) is 5.78 Å². The molecule has 2 rings (SSSR count). The lowest BCUT2D eigenvalue weighted by atomic mass is 9.97. The summed E-state index contributed by atoms with van der Waals surface area (Å²) >= 11 is 0. The monoisotopic (exact) mass is 480 g/mol. The summed E-state index contributed by atoms with van der Waals surface area (Å²) in [5, 5.41) is 0. The second-order valence-electron chi connectivity index (χ2n) is 10.3. The first-order valence-electron chi connectivity index (χ1n) is 11.8. The third-order valence-electron chi connectivity index (χ3n) is 5.06. The molecular formula is C29H36O6. The van der Waals surface area contributed by atoms with Gasteiger partial charge in [0.1, 0.15) is 17.2 Å². The quantitative estimate of drug-likeness (QED) is 0.187. The van der Waals surface area contributed by atoms with Crippen molar-refractivity contribution < 1.29 is 28.6 Å². The molecule has 6 nitrogen and oxygen atoms in total. The van der Waals surface area contributed by atoms with Gasteiger partial charge in [0.05, 0.1) is 17.4 Å². The molecular weight excluding hydrogens is 444 g/mol. The number of ether oxygens (including phenoxy) is 3. The van der Waals surface area contributed by atoms with Crippen molar-refractivity contribution in [1.29, 1.82) is 0 Å². The summed E-state index contributed by atoms with van der Waals surface area (Å²) in [5.41, 5.74) is 0.753. The van der Waals surface area contributed by atoms with E-state index in [0.717, 1.165) is 5.56 Å². The van der Waals surface area contributed by atoms with Crippen molar-refractivity contribution in [3.63, 3.8) is 0 Å². The second kappa shape index (κ2) is 11.3. The van der Waals surface area contributed by atoms with E-state index in [-0.39, 0.29) is 17.7 Å². The summed E-state index contributed by atoms with van der Waals surface area (Å²) in [6, 6.07) is 10.0. The highest BCUT2D eigenvalue weighted by atomic mass is 16.5. The molecule has 0 unspecified atom stereocenters. The van der Waals surface area contributed by atoms with Gasteiger partial charge >= 0.3 is 11.9 Å². The van der Waals surface area contributed by atoms with Crippen LogP contribution in [-0.4, -0.2) is 24.3 Å². The van der Waals surface area contributed by atoms with Crippen LogP contribution in [0.2, 0.25) is 0 Å². The molecule has 0 saturated heterocycles. The number of allylic oxidation sites excluding steroid dienone is 1. The molecule has 6 heteroatoms. The highest BCUT2D eigenvalue weighted by Crippen LogP contribution is 2.32. The second-order valence-corrected chi connectivity index (χ2v) is 10.3. The van der Waals surface area contributed by atoms with Crippen LogP contribution in [0.3, 0.4) is 0 Å². The van der Waals surface area contributed by atoms with Crippen LogP contribution in [0, 0.1) is 10.8 Å². The van der Waals surface area contributed by atoms with Gasteiger partial charge in [0.25, 0.3) is 0 Å². The molecule has 35 heavy (non-hydrogen) atoms. The molecule has 0 aliphatic rings. The van der Waals surface area contributed by atoms with Crippen molar-refractivity contribution in [2.75, 3.05) is 6.61 Å². The minimum absolute atomic E-state index is 0.206. The Morgan fingerprint density at radius 1 is 0.800 bits per heavy atom. The number of hydrogen-bond donors (Lipinski definition) is 0. The Bertz CT molecular complexity index is 1100. The predicted octanol–water partition coefficient (Wildman–Crippen LogP) is 6.45. The molecule has 0 heterocycles. The van der Waals surface area contributed by atoms with Crippen molar-refractivity contribution in [3.05, 3.63) is 59.2 Å². The van der Waals surface area contributed by atoms with Crippen LogP contribution < -0.4 is 14.2 Å². The first-order chi connectivity index (χ1) is 16.3. The van der Waals surface area contributed by atoms with E-state index in [1.54, 1.807) is 78.0 Å². The van der Waals surface area contributed by atoms with E-state index in [1.165, 1.54) is 6.08 Å². The zero-order valence-electron chi connectivity index (χ0n) is 22.0. The standard InChI is InChI=1S/C29H36O6/c1-9-19-17-21(24(33-10-2)18-25(19)35-27(32)29(6,7)8)13-16-23(30)20-11-14-22(15-12-20)34-26(31)28(3,4)5/h11-18H,9-10H2,1-8H3/b16-13+. The Hall–Kier alpha value is -3.41. The molecule has 0 spiro atoms. The number of benzene rings is 2. The van der Waals surface area contributed by atoms with E-state index in [1.807, 2.05) is 19.9 Å². The maximum absolute atomic E-state index is 12.8. The lowest BCUT2D eigenvalue weighted by Crippen LogP contribution is -2.26. The van der Waals surface area contributed by atoms with Gasteiger partial charge in [-0.05, 0) is 103 Å². The third kappa shape index (κ3) is 7.81. The van der Waals surface area contributed by atoms with Crippen LogP contribution in [0.15, 0.2) is 42.5 Å². The number of carbonyl (C=O) groups excluding carboxylic acids is 3. The van der Waals surface area contributed by atoms with Crippen LogP contribution in [-0.2, 0) is 16.0 Å². The third-order valence-corrected chi connectivity index (χ3v) is 5.06. The lowest BCUT2D eigenvalue weighted by molar-refractivity contribution is -0.143. The summed E-state index contributed by atoms with van der Waals surface area (Å²) < 4.78 is 16.8. The number of rotatable bonds is 8. The average Bonchev–Trinajstić information content (AvgIpc) is 2.77. The fraction of sp³-hybridized carbons (Fsp3) is 0.414. The fourth-order valence-electron chi connectivity index (χ4n) is 2.87. The maximum atomic E-state index is 12.8. The fourth-order valence-corrected chi connectivity index (χ4v) is 2.87. The van der Waals surface area contributed by atoms with E-state index < -0.39 is 10.8 Å². The van der Waals surface area contributed by atoms with Crippen LogP contribution in [0.5, 0.6) is 17.2 Å².